The zero-order valence-electron chi connectivity index (χ0n) is 9.22. The summed E-state index contributed by atoms with van der Waals surface area (Å²) in [4.78, 5) is 15.3. The van der Waals surface area contributed by atoms with Crippen molar-refractivity contribution in [1.82, 2.24) is 10.4 Å². The molecule has 0 aliphatic carbocycles. The van der Waals surface area contributed by atoms with Crippen molar-refractivity contribution in [2.75, 3.05) is 0 Å². The first-order chi connectivity index (χ1) is 8.70. The van der Waals surface area contributed by atoms with E-state index in [2.05, 4.69) is 20.9 Å². The quantitative estimate of drug-likeness (QED) is 0.508. The molecule has 94 valence electrons. The first-order valence-corrected chi connectivity index (χ1v) is 5.80. The standard InChI is InChI=1S/C11H10BrN3O3/c12-8-3-9(5-14-4-8)18-6-7-1-2-17-10(7)11(16)15-13/h1-5H,6,13H2,(H,15,16). The lowest BCUT2D eigenvalue weighted by Crippen LogP contribution is -2.30. The highest BCUT2D eigenvalue weighted by molar-refractivity contribution is 9.10. The molecule has 2 aromatic heterocycles. The molecule has 0 aromatic carbocycles. The second-order valence-electron chi connectivity index (χ2n) is 3.38. The Balaban J connectivity index is 2.07. The van der Waals surface area contributed by atoms with Gasteiger partial charge < -0.3 is 9.15 Å². The molecule has 0 bridgehead atoms. The van der Waals surface area contributed by atoms with Crippen molar-refractivity contribution >= 4 is 21.8 Å². The van der Waals surface area contributed by atoms with Crippen LogP contribution in [0.3, 0.4) is 0 Å². The number of halogens is 1. The first-order valence-electron chi connectivity index (χ1n) is 5.01. The highest BCUT2D eigenvalue weighted by Gasteiger charge is 2.14. The number of nitrogen functional groups attached to an aromatic ring is 1. The molecular formula is C11H10BrN3O3. The maximum Gasteiger partial charge on any atom is 0.301 e. The summed E-state index contributed by atoms with van der Waals surface area (Å²) in [5.74, 6) is 5.28. The van der Waals surface area contributed by atoms with Gasteiger partial charge in [0, 0.05) is 16.2 Å². The zero-order chi connectivity index (χ0) is 13.0. The highest BCUT2D eigenvalue weighted by atomic mass is 79.9. The molecule has 0 aliphatic heterocycles. The third-order valence-electron chi connectivity index (χ3n) is 2.16. The fourth-order valence-electron chi connectivity index (χ4n) is 1.35. The van der Waals surface area contributed by atoms with E-state index in [1.54, 1.807) is 24.5 Å². The topological polar surface area (TPSA) is 90.4 Å². The second-order valence-corrected chi connectivity index (χ2v) is 4.29. The monoisotopic (exact) mass is 311 g/mol. The van der Waals surface area contributed by atoms with E-state index < -0.39 is 5.91 Å². The number of hydrogen-bond acceptors (Lipinski definition) is 5. The number of ether oxygens (including phenoxy) is 1. The number of hydrogen-bond donors (Lipinski definition) is 2. The number of rotatable bonds is 4. The number of pyridine rings is 1. The molecule has 0 radical (unpaired) electrons. The predicted molar refractivity (Wildman–Crippen MR) is 66.6 cm³/mol. The van der Waals surface area contributed by atoms with Crippen LogP contribution in [0.1, 0.15) is 16.1 Å². The van der Waals surface area contributed by atoms with Gasteiger partial charge in [0.15, 0.2) is 5.76 Å². The lowest BCUT2D eigenvalue weighted by atomic mass is 10.2. The average molecular weight is 312 g/mol. The molecule has 0 saturated heterocycles. The van der Waals surface area contributed by atoms with Crippen molar-refractivity contribution < 1.29 is 13.9 Å². The minimum atomic E-state index is -0.494. The maximum absolute atomic E-state index is 11.4. The van der Waals surface area contributed by atoms with Gasteiger partial charge in [0.25, 0.3) is 0 Å². The van der Waals surface area contributed by atoms with Gasteiger partial charge in [-0.25, -0.2) is 5.84 Å². The lowest BCUT2D eigenvalue weighted by Gasteiger charge is -2.05. The van der Waals surface area contributed by atoms with E-state index in [0.29, 0.717) is 11.3 Å². The Hall–Kier alpha value is -1.86. The zero-order valence-corrected chi connectivity index (χ0v) is 10.8. The minimum Gasteiger partial charge on any atom is -0.487 e. The Morgan fingerprint density at radius 2 is 2.39 bits per heavy atom. The van der Waals surface area contributed by atoms with E-state index in [4.69, 9.17) is 15.0 Å². The summed E-state index contributed by atoms with van der Waals surface area (Å²) in [5.41, 5.74) is 2.62. The van der Waals surface area contributed by atoms with Crippen LogP contribution < -0.4 is 16.0 Å². The summed E-state index contributed by atoms with van der Waals surface area (Å²) >= 11 is 3.29. The number of furan rings is 1. The van der Waals surface area contributed by atoms with Crippen molar-refractivity contribution in [1.29, 1.82) is 0 Å². The summed E-state index contributed by atoms with van der Waals surface area (Å²) in [6, 6.07) is 3.42. The fourth-order valence-corrected chi connectivity index (χ4v) is 1.69. The molecule has 2 heterocycles. The van der Waals surface area contributed by atoms with Gasteiger partial charge in [-0.05, 0) is 28.1 Å². The predicted octanol–water partition coefficient (Wildman–Crippen LogP) is 1.62. The van der Waals surface area contributed by atoms with E-state index in [1.807, 2.05) is 5.43 Å². The van der Waals surface area contributed by atoms with E-state index in [0.717, 1.165) is 4.47 Å². The minimum absolute atomic E-state index is 0.139. The number of carbonyl (C=O) groups excluding carboxylic acids is 1. The maximum atomic E-state index is 11.4. The molecule has 0 spiro atoms. The van der Waals surface area contributed by atoms with Crippen LogP contribution in [0.4, 0.5) is 0 Å². The van der Waals surface area contributed by atoms with Crippen LogP contribution in [0.2, 0.25) is 0 Å². The molecule has 0 saturated carbocycles. The van der Waals surface area contributed by atoms with Gasteiger partial charge in [-0.3, -0.25) is 15.2 Å². The van der Waals surface area contributed by atoms with Gasteiger partial charge in [-0.2, -0.15) is 0 Å². The van der Waals surface area contributed by atoms with Crippen LogP contribution >= 0.6 is 15.9 Å². The summed E-state index contributed by atoms with van der Waals surface area (Å²) in [7, 11) is 0. The molecule has 0 atom stereocenters. The molecule has 2 aromatic rings. The number of nitrogens with one attached hydrogen (secondary N) is 1. The summed E-state index contributed by atoms with van der Waals surface area (Å²) < 4.78 is 11.3. The van der Waals surface area contributed by atoms with Crippen molar-refractivity contribution in [2.24, 2.45) is 5.84 Å². The van der Waals surface area contributed by atoms with Crippen LogP contribution in [0, 0.1) is 0 Å². The molecule has 6 nitrogen and oxygen atoms in total. The summed E-state index contributed by atoms with van der Waals surface area (Å²) in [5, 5.41) is 0. The Bertz CT molecular complexity index is 556. The number of nitrogens with two attached hydrogens (primary N) is 1. The van der Waals surface area contributed by atoms with Crippen LogP contribution in [0.25, 0.3) is 0 Å². The Kier molecular flexibility index (Phi) is 3.96. The first kappa shape index (κ1) is 12.6. The summed E-state index contributed by atoms with van der Waals surface area (Å²) in [6.45, 7) is 0.192. The van der Waals surface area contributed by atoms with E-state index in [1.165, 1.54) is 6.26 Å². The van der Waals surface area contributed by atoms with Gasteiger partial charge in [-0.15, -0.1) is 0 Å². The molecule has 0 aliphatic rings. The number of hydrazine groups is 1. The third kappa shape index (κ3) is 2.88. The molecular weight excluding hydrogens is 302 g/mol. The molecule has 0 unspecified atom stereocenters. The van der Waals surface area contributed by atoms with Crippen molar-refractivity contribution in [3.63, 3.8) is 0 Å². The van der Waals surface area contributed by atoms with Gasteiger partial charge in [0.05, 0.1) is 12.5 Å². The van der Waals surface area contributed by atoms with E-state index in [9.17, 15) is 4.79 Å². The Labute approximate surface area is 111 Å². The van der Waals surface area contributed by atoms with Crippen LogP contribution in [-0.4, -0.2) is 10.9 Å². The van der Waals surface area contributed by atoms with Crippen LogP contribution in [0.5, 0.6) is 5.75 Å². The summed E-state index contributed by atoms with van der Waals surface area (Å²) in [6.07, 6.45) is 4.63. The van der Waals surface area contributed by atoms with E-state index >= 15 is 0 Å². The number of nitrogens with zero attached hydrogens (tertiary/aromatic N) is 1. The largest absolute Gasteiger partial charge is 0.487 e. The fraction of sp³-hybridized carbons (Fsp3) is 0.0909. The van der Waals surface area contributed by atoms with Gasteiger partial charge >= 0.3 is 5.91 Å². The van der Waals surface area contributed by atoms with Crippen LogP contribution in [0.15, 0.2) is 39.7 Å². The van der Waals surface area contributed by atoms with Gasteiger partial charge in [0.2, 0.25) is 0 Å². The number of carbonyl (C=O) groups is 1. The highest BCUT2D eigenvalue weighted by Crippen LogP contribution is 2.18. The van der Waals surface area contributed by atoms with Gasteiger partial charge in [0.1, 0.15) is 12.4 Å². The third-order valence-corrected chi connectivity index (χ3v) is 2.59. The Morgan fingerprint density at radius 3 is 3.11 bits per heavy atom. The normalized spacial score (nSPS) is 10.1. The molecule has 1 amide bonds. The van der Waals surface area contributed by atoms with Crippen LogP contribution in [-0.2, 0) is 6.61 Å². The Morgan fingerprint density at radius 1 is 1.56 bits per heavy atom. The van der Waals surface area contributed by atoms with Gasteiger partial charge in [-0.1, -0.05) is 0 Å². The molecule has 3 N–H and O–H groups in total. The number of aromatic nitrogens is 1. The lowest BCUT2D eigenvalue weighted by molar-refractivity contribution is 0.0922. The molecule has 18 heavy (non-hydrogen) atoms. The van der Waals surface area contributed by atoms with Crippen molar-refractivity contribution in [3.8, 4) is 5.75 Å². The SMILES string of the molecule is NNC(=O)c1occc1COc1cncc(Br)c1. The second kappa shape index (κ2) is 5.65. The van der Waals surface area contributed by atoms with E-state index in [-0.39, 0.29) is 12.4 Å². The average Bonchev–Trinajstić information content (AvgIpc) is 2.84. The molecule has 7 heteroatoms. The molecule has 0 fully saturated rings. The van der Waals surface area contributed by atoms with Crippen molar-refractivity contribution in [2.45, 2.75) is 6.61 Å². The van der Waals surface area contributed by atoms with Crippen molar-refractivity contribution in [3.05, 3.63) is 46.6 Å². The smallest absolute Gasteiger partial charge is 0.301 e. The number of amides is 1. The molecule has 2 rings (SSSR count).